The van der Waals surface area contributed by atoms with Gasteiger partial charge in [0.25, 0.3) is 0 Å². The van der Waals surface area contributed by atoms with E-state index in [0.29, 0.717) is 6.16 Å². The maximum absolute atomic E-state index is 13.7. The Bertz CT molecular complexity index is 631. The zero-order chi connectivity index (χ0) is 16.2. The summed E-state index contributed by atoms with van der Waals surface area (Å²) in [5.74, 6) is 0. The van der Waals surface area contributed by atoms with Crippen LogP contribution < -0.4 is 10.4 Å². The van der Waals surface area contributed by atoms with Gasteiger partial charge in [-0.25, -0.2) is 0 Å². The quantitative estimate of drug-likeness (QED) is 0.788. The molecule has 1 N–H and O–H groups in total. The van der Waals surface area contributed by atoms with E-state index in [2.05, 4.69) is 44.9 Å². The Morgan fingerprint density at radius 1 is 0.955 bits per heavy atom. The molecule has 0 bridgehead atoms. The average Bonchev–Trinajstić information content (AvgIpc) is 2.47. The Hall–Kier alpha value is -1.37. The molecule has 2 nitrogen and oxygen atoms in total. The van der Waals surface area contributed by atoms with Crippen molar-refractivity contribution in [1.29, 1.82) is 0 Å². The van der Waals surface area contributed by atoms with Crippen molar-refractivity contribution in [2.75, 3.05) is 6.16 Å². The first-order chi connectivity index (χ1) is 10.3. The van der Waals surface area contributed by atoms with Crippen molar-refractivity contribution < 1.29 is 4.57 Å². The van der Waals surface area contributed by atoms with Crippen LogP contribution in [0.4, 0.5) is 0 Å². The second-order valence-corrected chi connectivity index (χ2v) is 9.63. The summed E-state index contributed by atoms with van der Waals surface area (Å²) in [5.41, 5.74) is 1.15. The van der Waals surface area contributed by atoms with Crippen molar-refractivity contribution in [1.82, 2.24) is 5.09 Å². The molecule has 0 aliphatic rings. The van der Waals surface area contributed by atoms with Gasteiger partial charge in [-0.1, -0.05) is 81.4 Å². The molecule has 0 fully saturated rings. The molecule has 0 saturated heterocycles. The molecule has 22 heavy (non-hydrogen) atoms. The molecule has 0 spiro atoms. The predicted octanol–water partition coefficient (Wildman–Crippen LogP) is 4.99. The van der Waals surface area contributed by atoms with Gasteiger partial charge in [0.15, 0.2) is 7.29 Å². The SMILES string of the molecule is CC(NP(=O)(CC(C)(C)C)c1ccccc1)c1ccccc1. The molecular weight excluding hydrogens is 289 g/mol. The molecule has 3 heteroatoms. The van der Waals surface area contributed by atoms with E-state index in [1.165, 1.54) is 0 Å². The third kappa shape index (κ3) is 4.56. The largest absolute Gasteiger partial charge is 0.302 e. The summed E-state index contributed by atoms with van der Waals surface area (Å²) in [6.07, 6.45) is 0.640. The highest BCUT2D eigenvalue weighted by Gasteiger charge is 2.31. The molecule has 0 amide bonds. The number of nitrogens with one attached hydrogen (secondary N) is 1. The molecule has 0 aliphatic carbocycles. The molecule has 118 valence electrons. The Morgan fingerprint density at radius 3 is 1.95 bits per heavy atom. The summed E-state index contributed by atoms with van der Waals surface area (Å²) in [4.78, 5) is 0. The first kappa shape index (κ1) is 17.0. The van der Waals surface area contributed by atoms with Gasteiger partial charge in [-0.15, -0.1) is 0 Å². The van der Waals surface area contributed by atoms with Gasteiger partial charge in [0.05, 0.1) is 0 Å². The number of hydrogen-bond donors (Lipinski definition) is 1. The molecule has 0 saturated carbocycles. The Balaban J connectivity index is 2.32. The lowest BCUT2D eigenvalue weighted by atomic mass is 10.0. The molecule has 0 aromatic heterocycles. The number of hydrogen-bond acceptors (Lipinski definition) is 1. The summed E-state index contributed by atoms with van der Waals surface area (Å²) < 4.78 is 13.7. The van der Waals surface area contributed by atoms with E-state index in [9.17, 15) is 4.57 Å². The van der Waals surface area contributed by atoms with Crippen LogP contribution in [0, 0.1) is 5.41 Å². The molecule has 0 heterocycles. The maximum atomic E-state index is 13.7. The van der Waals surface area contributed by atoms with Crippen LogP contribution in [0.5, 0.6) is 0 Å². The highest BCUT2D eigenvalue weighted by molar-refractivity contribution is 7.69. The monoisotopic (exact) mass is 315 g/mol. The zero-order valence-corrected chi connectivity index (χ0v) is 14.8. The molecule has 0 aliphatic heterocycles. The van der Waals surface area contributed by atoms with Crippen LogP contribution in [0.25, 0.3) is 0 Å². The summed E-state index contributed by atoms with van der Waals surface area (Å²) >= 11 is 0. The van der Waals surface area contributed by atoms with E-state index in [1.54, 1.807) is 0 Å². The van der Waals surface area contributed by atoms with Gasteiger partial charge < -0.3 is 4.57 Å². The lowest BCUT2D eigenvalue weighted by Crippen LogP contribution is -2.29. The van der Waals surface area contributed by atoms with Crippen molar-refractivity contribution in [3.05, 3.63) is 66.2 Å². The fourth-order valence-corrected chi connectivity index (χ4v) is 5.86. The van der Waals surface area contributed by atoms with E-state index in [-0.39, 0.29) is 11.5 Å². The second kappa shape index (κ2) is 6.81. The van der Waals surface area contributed by atoms with Gasteiger partial charge in [-0.2, -0.15) is 0 Å². The summed E-state index contributed by atoms with van der Waals surface area (Å²) in [6, 6.07) is 20.1. The van der Waals surface area contributed by atoms with Gasteiger partial charge in [0.1, 0.15) is 0 Å². The van der Waals surface area contributed by atoms with Crippen LogP contribution >= 0.6 is 7.29 Å². The van der Waals surface area contributed by atoms with E-state index in [4.69, 9.17) is 0 Å². The van der Waals surface area contributed by atoms with Crippen molar-refractivity contribution >= 4 is 12.6 Å². The third-order valence-corrected chi connectivity index (χ3v) is 6.90. The van der Waals surface area contributed by atoms with Crippen molar-refractivity contribution in [3.8, 4) is 0 Å². The minimum Gasteiger partial charge on any atom is -0.302 e. The molecule has 2 unspecified atom stereocenters. The lowest BCUT2D eigenvalue weighted by molar-refractivity contribution is 0.457. The fraction of sp³-hybridized carbons (Fsp3) is 0.368. The first-order valence-electron chi connectivity index (χ1n) is 7.78. The summed E-state index contributed by atoms with van der Waals surface area (Å²) in [5, 5.41) is 4.35. The van der Waals surface area contributed by atoms with Gasteiger partial charge in [-0.3, -0.25) is 5.09 Å². The van der Waals surface area contributed by atoms with Crippen LogP contribution in [-0.2, 0) is 4.57 Å². The van der Waals surface area contributed by atoms with E-state index in [1.807, 2.05) is 48.5 Å². The van der Waals surface area contributed by atoms with E-state index >= 15 is 0 Å². The van der Waals surface area contributed by atoms with Crippen LogP contribution in [0.2, 0.25) is 0 Å². The lowest BCUT2D eigenvalue weighted by Gasteiger charge is -2.30. The molecule has 2 rings (SSSR count). The van der Waals surface area contributed by atoms with E-state index < -0.39 is 7.29 Å². The summed E-state index contributed by atoms with van der Waals surface area (Å²) in [7, 11) is -2.66. The topological polar surface area (TPSA) is 29.1 Å². The second-order valence-electron chi connectivity index (χ2n) is 7.06. The minimum absolute atomic E-state index is 0.00518. The Labute approximate surface area is 134 Å². The van der Waals surface area contributed by atoms with Crippen molar-refractivity contribution in [2.45, 2.75) is 33.7 Å². The average molecular weight is 315 g/mol. The van der Waals surface area contributed by atoms with Crippen LogP contribution in [0.1, 0.15) is 39.3 Å². The van der Waals surface area contributed by atoms with Crippen molar-refractivity contribution in [3.63, 3.8) is 0 Å². The van der Waals surface area contributed by atoms with Crippen LogP contribution in [-0.4, -0.2) is 6.16 Å². The highest BCUT2D eigenvalue weighted by Crippen LogP contribution is 2.47. The molecular formula is C19H26NOP. The van der Waals surface area contributed by atoms with Gasteiger partial charge in [-0.05, 0) is 17.9 Å². The summed E-state index contributed by atoms with van der Waals surface area (Å²) in [6.45, 7) is 8.49. The van der Waals surface area contributed by atoms with Gasteiger partial charge >= 0.3 is 0 Å². The van der Waals surface area contributed by atoms with Crippen LogP contribution in [0.15, 0.2) is 60.7 Å². The Morgan fingerprint density at radius 2 is 1.45 bits per heavy atom. The van der Waals surface area contributed by atoms with Crippen molar-refractivity contribution in [2.24, 2.45) is 5.41 Å². The van der Waals surface area contributed by atoms with E-state index in [0.717, 1.165) is 10.9 Å². The molecule has 2 aromatic carbocycles. The highest BCUT2D eigenvalue weighted by atomic mass is 31.2. The predicted molar refractivity (Wildman–Crippen MR) is 96.0 cm³/mol. The zero-order valence-electron chi connectivity index (χ0n) is 13.9. The number of rotatable bonds is 5. The van der Waals surface area contributed by atoms with Gasteiger partial charge in [0, 0.05) is 17.5 Å². The number of benzene rings is 2. The standard InChI is InChI=1S/C19H26NOP/c1-16(17-11-7-5-8-12-17)20-22(21,15-19(2,3)4)18-13-9-6-10-14-18/h5-14,16H,15H2,1-4H3,(H,20,21). The molecule has 0 radical (unpaired) electrons. The Kier molecular flexibility index (Phi) is 5.26. The fourth-order valence-electron chi connectivity index (χ4n) is 2.68. The first-order valence-corrected chi connectivity index (χ1v) is 9.67. The smallest absolute Gasteiger partial charge is 0.177 e. The van der Waals surface area contributed by atoms with Crippen LogP contribution in [0.3, 0.4) is 0 Å². The molecule has 2 aromatic rings. The minimum atomic E-state index is -2.66. The third-order valence-electron chi connectivity index (χ3n) is 3.57. The maximum Gasteiger partial charge on any atom is 0.177 e. The molecule has 2 atom stereocenters. The normalized spacial score (nSPS) is 16.0. The van der Waals surface area contributed by atoms with Gasteiger partial charge in [0.2, 0.25) is 0 Å².